The molecule has 0 saturated heterocycles. The molecule has 1 aliphatic heterocycles. The first kappa shape index (κ1) is 22.2. The number of carbonyl (C=O) groups is 2. The van der Waals surface area contributed by atoms with E-state index in [9.17, 15) is 9.59 Å². The van der Waals surface area contributed by atoms with E-state index in [4.69, 9.17) is 4.42 Å². The second-order valence-electron chi connectivity index (χ2n) is 8.40. The van der Waals surface area contributed by atoms with E-state index in [2.05, 4.69) is 11.5 Å². The molecular weight excluding hydrogens is 446 g/mol. The number of para-hydroxylation sites is 2. The average Bonchev–Trinajstić information content (AvgIpc) is 3.63. The highest BCUT2D eigenvalue weighted by atomic mass is 32.1. The Bertz CT molecular complexity index is 1260. The molecule has 3 aromatic heterocycles. The summed E-state index contributed by atoms with van der Waals surface area (Å²) >= 11 is 1.56. The van der Waals surface area contributed by atoms with Crippen LogP contribution in [0.4, 0.5) is 5.69 Å². The number of furan rings is 1. The highest BCUT2D eigenvalue weighted by Crippen LogP contribution is 2.42. The van der Waals surface area contributed by atoms with Crippen LogP contribution >= 0.6 is 11.3 Å². The fourth-order valence-electron chi connectivity index (χ4n) is 4.53. The Balaban J connectivity index is 1.49. The molecule has 0 fully saturated rings. The normalized spacial score (nSPS) is 14.5. The standard InChI is InChI=1S/C27H27N3O3S/c1-2-3-14-28(25(31)18-20-9-8-17-34-20)19-26(32)30-22-11-5-4-10-21(22)29-15-6-12-23(29)27(30)24-13-7-16-33-24/h4-13,15-17,27H,2-3,14,18-19H2,1H3. The van der Waals surface area contributed by atoms with Crippen molar-refractivity contribution in [2.24, 2.45) is 0 Å². The van der Waals surface area contributed by atoms with Gasteiger partial charge in [0, 0.05) is 17.6 Å². The van der Waals surface area contributed by atoms with Crippen molar-refractivity contribution in [2.75, 3.05) is 18.0 Å². The highest BCUT2D eigenvalue weighted by Gasteiger charge is 2.38. The first-order chi connectivity index (χ1) is 16.7. The Labute approximate surface area is 203 Å². The molecule has 174 valence electrons. The molecule has 0 N–H and O–H groups in total. The van der Waals surface area contributed by atoms with E-state index in [1.807, 2.05) is 72.2 Å². The zero-order valence-electron chi connectivity index (χ0n) is 19.1. The van der Waals surface area contributed by atoms with Gasteiger partial charge in [-0.2, -0.15) is 0 Å². The largest absolute Gasteiger partial charge is 0.467 e. The van der Waals surface area contributed by atoms with Crippen molar-refractivity contribution in [1.29, 1.82) is 0 Å². The number of rotatable bonds is 8. The quantitative estimate of drug-likeness (QED) is 0.342. The van der Waals surface area contributed by atoms with Crippen LogP contribution in [0.1, 0.15) is 42.1 Å². The number of amides is 2. The van der Waals surface area contributed by atoms with Crippen molar-refractivity contribution in [3.8, 4) is 5.69 Å². The van der Waals surface area contributed by atoms with Gasteiger partial charge in [0.1, 0.15) is 18.3 Å². The molecule has 4 heterocycles. The predicted octanol–water partition coefficient (Wildman–Crippen LogP) is 5.44. The number of thiophene rings is 1. The van der Waals surface area contributed by atoms with E-state index in [1.165, 1.54) is 0 Å². The van der Waals surface area contributed by atoms with Crippen LogP contribution in [0.5, 0.6) is 0 Å². The van der Waals surface area contributed by atoms with Crippen LogP contribution < -0.4 is 4.90 Å². The van der Waals surface area contributed by atoms with Crippen molar-refractivity contribution in [1.82, 2.24) is 9.47 Å². The van der Waals surface area contributed by atoms with Gasteiger partial charge in [0.15, 0.2) is 0 Å². The Kier molecular flexibility index (Phi) is 6.36. The zero-order valence-corrected chi connectivity index (χ0v) is 19.9. The molecule has 0 saturated carbocycles. The number of anilines is 1. The molecule has 1 unspecified atom stereocenters. The van der Waals surface area contributed by atoms with Gasteiger partial charge in [0.25, 0.3) is 0 Å². The van der Waals surface area contributed by atoms with Gasteiger partial charge in [-0.25, -0.2) is 0 Å². The molecule has 2 amide bonds. The first-order valence-corrected chi connectivity index (χ1v) is 12.5. The lowest BCUT2D eigenvalue weighted by Crippen LogP contribution is -2.47. The van der Waals surface area contributed by atoms with Gasteiger partial charge in [0.05, 0.1) is 29.8 Å². The van der Waals surface area contributed by atoms with E-state index < -0.39 is 6.04 Å². The third-order valence-corrected chi connectivity index (χ3v) is 7.04. The van der Waals surface area contributed by atoms with Crippen LogP contribution in [0.3, 0.4) is 0 Å². The molecular formula is C27H27N3O3S. The highest BCUT2D eigenvalue weighted by molar-refractivity contribution is 7.10. The molecule has 0 spiro atoms. The lowest BCUT2D eigenvalue weighted by molar-refractivity contribution is -0.134. The summed E-state index contributed by atoms with van der Waals surface area (Å²) in [5, 5.41) is 1.97. The molecule has 6 nitrogen and oxygen atoms in total. The summed E-state index contributed by atoms with van der Waals surface area (Å²) in [6.45, 7) is 2.67. The molecule has 0 radical (unpaired) electrons. The maximum atomic E-state index is 14.0. The molecule has 0 aliphatic carbocycles. The fourth-order valence-corrected chi connectivity index (χ4v) is 5.23. The summed E-state index contributed by atoms with van der Waals surface area (Å²) in [5.74, 6) is 0.539. The minimum atomic E-state index is -0.409. The Morgan fingerprint density at radius 3 is 2.62 bits per heavy atom. The summed E-state index contributed by atoms with van der Waals surface area (Å²) in [6.07, 6.45) is 5.75. The predicted molar refractivity (Wildman–Crippen MR) is 133 cm³/mol. The molecule has 1 aromatic carbocycles. The summed E-state index contributed by atoms with van der Waals surface area (Å²) in [6, 6.07) is 19.1. The van der Waals surface area contributed by atoms with Crippen molar-refractivity contribution < 1.29 is 14.0 Å². The van der Waals surface area contributed by atoms with Crippen molar-refractivity contribution in [3.63, 3.8) is 0 Å². The first-order valence-electron chi connectivity index (χ1n) is 11.6. The van der Waals surface area contributed by atoms with Gasteiger partial charge in [-0.05, 0) is 54.3 Å². The lowest BCUT2D eigenvalue weighted by Gasteiger charge is -2.38. The number of fused-ring (bicyclic) bond motifs is 3. The minimum Gasteiger partial charge on any atom is -0.467 e. The maximum Gasteiger partial charge on any atom is 0.247 e. The number of carbonyl (C=O) groups excluding carboxylic acids is 2. The van der Waals surface area contributed by atoms with Gasteiger partial charge in [-0.15, -0.1) is 11.3 Å². The second kappa shape index (κ2) is 9.73. The van der Waals surface area contributed by atoms with E-state index in [0.717, 1.165) is 34.8 Å². The molecule has 1 atom stereocenters. The van der Waals surface area contributed by atoms with E-state index in [1.54, 1.807) is 27.4 Å². The van der Waals surface area contributed by atoms with Crippen molar-refractivity contribution in [2.45, 2.75) is 32.2 Å². The van der Waals surface area contributed by atoms with Gasteiger partial charge in [-0.1, -0.05) is 31.5 Å². The fraction of sp³-hybridized carbons (Fsp3) is 0.259. The molecule has 4 aromatic rings. The number of hydrogen-bond donors (Lipinski definition) is 0. The molecule has 5 rings (SSSR count). The molecule has 1 aliphatic rings. The van der Waals surface area contributed by atoms with Crippen molar-refractivity contribution >= 4 is 28.8 Å². The summed E-state index contributed by atoms with van der Waals surface area (Å²) < 4.78 is 7.90. The molecule has 7 heteroatoms. The van der Waals surface area contributed by atoms with Crippen molar-refractivity contribution in [3.05, 3.63) is 94.8 Å². The lowest BCUT2D eigenvalue weighted by atomic mass is 10.0. The summed E-state index contributed by atoms with van der Waals surface area (Å²) in [7, 11) is 0. The van der Waals surface area contributed by atoms with E-state index >= 15 is 0 Å². The van der Waals surface area contributed by atoms with Crippen LogP contribution in [-0.2, 0) is 16.0 Å². The number of unbranched alkanes of at least 4 members (excludes halogenated alkanes) is 1. The van der Waals surface area contributed by atoms with E-state index in [0.29, 0.717) is 18.7 Å². The van der Waals surface area contributed by atoms with Crippen LogP contribution in [0, 0.1) is 0 Å². The van der Waals surface area contributed by atoms with Gasteiger partial charge in [-0.3, -0.25) is 14.5 Å². The number of benzene rings is 1. The number of aromatic nitrogens is 1. The van der Waals surface area contributed by atoms with Gasteiger partial charge in [0.2, 0.25) is 11.8 Å². The smallest absolute Gasteiger partial charge is 0.247 e. The number of nitrogens with zero attached hydrogens (tertiary/aromatic N) is 3. The Morgan fingerprint density at radius 1 is 1.03 bits per heavy atom. The monoisotopic (exact) mass is 473 g/mol. The molecule has 34 heavy (non-hydrogen) atoms. The topological polar surface area (TPSA) is 58.7 Å². The SMILES string of the molecule is CCCCN(CC(=O)N1c2ccccc2-n2cccc2C1c1ccco1)C(=O)Cc1cccs1. The average molecular weight is 474 g/mol. The van der Waals surface area contributed by atoms with Gasteiger partial charge >= 0.3 is 0 Å². The van der Waals surface area contributed by atoms with Crippen LogP contribution in [0.2, 0.25) is 0 Å². The van der Waals surface area contributed by atoms with E-state index in [-0.39, 0.29) is 18.4 Å². The summed E-state index contributed by atoms with van der Waals surface area (Å²) in [4.78, 5) is 31.7. The zero-order chi connectivity index (χ0) is 23.5. The van der Waals surface area contributed by atoms with Crippen LogP contribution in [-0.4, -0.2) is 34.4 Å². The maximum absolute atomic E-state index is 14.0. The van der Waals surface area contributed by atoms with Crippen LogP contribution in [0.15, 0.2) is 82.9 Å². The third-order valence-electron chi connectivity index (χ3n) is 6.17. The Morgan fingerprint density at radius 2 is 1.88 bits per heavy atom. The van der Waals surface area contributed by atoms with Crippen LogP contribution in [0.25, 0.3) is 5.69 Å². The third kappa shape index (κ3) is 4.19. The molecule has 0 bridgehead atoms. The van der Waals surface area contributed by atoms with Gasteiger partial charge < -0.3 is 13.9 Å². The Hall–Kier alpha value is -3.58. The summed E-state index contributed by atoms with van der Waals surface area (Å²) in [5.41, 5.74) is 2.69. The second-order valence-corrected chi connectivity index (χ2v) is 9.43. The number of hydrogen-bond acceptors (Lipinski definition) is 4. The minimum absolute atomic E-state index is 0.0209.